The highest BCUT2D eigenvalue weighted by Crippen LogP contribution is 2.24. The van der Waals surface area contributed by atoms with E-state index >= 15 is 0 Å². The van der Waals surface area contributed by atoms with Crippen LogP contribution in [0.1, 0.15) is 12.0 Å². The summed E-state index contributed by atoms with van der Waals surface area (Å²) < 4.78 is 40.8. The summed E-state index contributed by atoms with van der Waals surface area (Å²) in [6.45, 7) is 0.842. The van der Waals surface area contributed by atoms with Gasteiger partial charge in [-0.05, 0) is 37.7 Å². The van der Waals surface area contributed by atoms with Gasteiger partial charge in [0.05, 0.1) is 0 Å². The zero-order valence-electron chi connectivity index (χ0n) is 11.3. The number of benzene rings is 1. The van der Waals surface area contributed by atoms with Gasteiger partial charge < -0.3 is 15.4 Å². The van der Waals surface area contributed by atoms with Gasteiger partial charge in [-0.2, -0.15) is 13.2 Å². The van der Waals surface area contributed by atoms with E-state index in [0.29, 0.717) is 24.2 Å². The summed E-state index contributed by atoms with van der Waals surface area (Å²) in [6, 6.07) is 4.49. The molecular formula is C13H17F3N2O2. The van der Waals surface area contributed by atoms with E-state index in [2.05, 4.69) is 15.4 Å². The Balaban J connectivity index is 2.61. The molecule has 1 rings (SSSR count). The van der Waals surface area contributed by atoms with Gasteiger partial charge in [-0.25, -0.2) is 0 Å². The molecule has 0 aromatic heterocycles. The largest absolute Gasteiger partial charge is 0.484 e. The quantitative estimate of drug-likeness (QED) is 0.846. The van der Waals surface area contributed by atoms with Crippen molar-refractivity contribution in [1.29, 1.82) is 0 Å². The summed E-state index contributed by atoms with van der Waals surface area (Å²) in [7, 11) is 1.74. The topological polar surface area (TPSA) is 50.4 Å². The van der Waals surface area contributed by atoms with Gasteiger partial charge in [0.25, 0.3) is 0 Å². The molecule has 4 nitrogen and oxygen atoms in total. The third-order valence-electron chi connectivity index (χ3n) is 2.45. The first-order chi connectivity index (χ1) is 9.31. The summed E-state index contributed by atoms with van der Waals surface area (Å²) in [4.78, 5) is 11.5. The van der Waals surface area contributed by atoms with Crippen LogP contribution in [0, 0.1) is 6.92 Å². The number of amides is 1. The van der Waals surface area contributed by atoms with Crippen LogP contribution in [-0.2, 0) is 4.79 Å². The molecule has 0 atom stereocenters. The number of ether oxygens (including phenoxy) is 1. The lowest BCUT2D eigenvalue weighted by Crippen LogP contribution is -2.20. The molecule has 0 radical (unpaired) electrons. The minimum Gasteiger partial charge on any atom is -0.484 e. The number of alkyl halides is 3. The van der Waals surface area contributed by atoms with Crippen molar-refractivity contribution in [3.63, 3.8) is 0 Å². The maximum absolute atomic E-state index is 12.1. The molecule has 1 aromatic rings. The van der Waals surface area contributed by atoms with E-state index in [1.165, 1.54) is 12.1 Å². The Hall–Kier alpha value is -1.76. The first-order valence-corrected chi connectivity index (χ1v) is 6.06. The van der Waals surface area contributed by atoms with Crippen LogP contribution in [0.15, 0.2) is 18.2 Å². The summed E-state index contributed by atoms with van der Waals surface area (Å²) in [6.07, 6.45) is -4.05. The minimum absolute atomic E-state index is 0.149. The smallest absolute Gasteiger partial charge is 0.422 e. The van der Waals surface area contributed by atoms with Gasteiger partial charge in [0.15, 0.2) is 6.61 Å². The molecule has 0 saturated heterocycles. The lowest BCUT2D eigenvalue weighted by Gasteiger charge is -2.13. The predicted octanol–water partition coefficient (Wildman–Crippen LogP) is 2.48. The molecule has 0 fully saturated rings. The molecule has 7 heteroatoms. The van der Waals surface area contributed by atoms with E-state index in [-0.39, 0.29) is 11.7 Å². The number of nitrogens with one attached hydrogen (secondary N) is 2. The molecule has 0 aliphatic rings. The normalized spacial score (nSPS) is 11.2. The van der Waals surface area contributed by atoms with E-state index in [4.69, 9.17) is 0 Å². The van der Waals surface area contributed by atoms with E-state index in [1.54, 1.807) is 20.0 Å². The number of anilines is 1. The summed E-state index contributed by atoms with van der Waals surface area (Å²) in [5, 5.41) is 5.51. The highest BCUT2D eigenvalue weighted by atomic mass is 19.4. The third kappa shape index (κ3) is 5.92. The third-order valence-corrected chi connectivity index (χ3v) is 2.45. The first kappa shape index (κ1) is 16.3. The molecule has 0 unspecified atom stereocenters. The lowest BCUT2D eigenvalue weighted by atomic mass is 10.2. The van der Waals surface area contributed by atoms with Gasteiger partial charge in [0.1, 0.15) is 5.75 Å². The fourth-order valence-corrected chi connectivity index (χ4v) is 1.51. The van der Waals surface area contributed by atoms with Crippen LogP contribution in [0.2, 0.25) is 0 Å². The average molecular weight is 290 g/mol. The van der Waals surface area contributed by atoms with Crippen molar-refractivity contribution in [3.05, 3.63) is 23.8 Å². The van der Waals surface area contributed by atoms with Gasteiger partial charge in [-0.15, -0.1) is 0 Å². The molecule has 1 aromatic carbocycles. The molecular weight excluding hydrogens is 273 g/mol. The van der Waals surface area contributed by atoms with Gasteiger partial charge in [0.2, 0.25) is 5.91 Å². The maximum atomic E-state index is 12.1. The van der Waals surface area contributed by atoms with Crippen LogP contribution >= 0.6 is 0 Å². The van der Waals surface area contributed by atoms with Crippen molar-refractivity contribution in [2.45, 2.75) is 19.5 Å². The van der Waals surface area contributed by atoms with Crippen molar-refractivity contribution < 1.29 is 22.7 Å². The van der Waals surface area contributed by atoms with Crippen molar-refractivity contribution >= 4 is 11.6 Å². The molecule has 0 aliphatic heterocycles. The second-order valence-corrected chi connectivity index (χ2v) is 4.29. The number of hydrogen-bond donors (Lipinski definition) is 2. The number of rotatable bonds is 6. The van der Waals surface area contributed by atoms with Crippen molar-refractivity contribution in [2.24, 2.45) is 0 Å². The molecule has 0 spiro atoms. The van der Waals surface area contributed by atoms with Crippen LogP contribution in [0.4, 0.5) is 18.9 Å². The van der Waals surface area contributed by atoms with Gasteiger partial charge >= 0.3 is 6.18 Å². The van der Waals surface area contributed by atoms with E-state index in [9.17, 15) is 18.0 Å². The predicted molar refractivity (Wildman–Crippen MR) is 69.9 cm³/mol. The zero-order chi connectivity index (χ0) is 15.2. The van der Waals surface area contributed by atoms with Crippen LogP contribution in [-0.4, -0.2) is 32.3 Å². The Morgan fingerprint density at radius 2 is 2.05 bits per heavy atom. The molecule has 0 aliphatic carbocycles. The van der Waals surface area contributed by atoms with E-state index in [0.717, 1.165) is 0 Å². The molecule has 1 amide bonds. The van der Waals surface area contributed by atoms with Crippen LogP contribution in [0.5, 0.6) is 5.75 Å². The molecule has 0 bridgehead atoms. The van der Waals surface area contributed by atoms with E-state index in [1.807, 2.05) is 0 Å². The van der Waals surface area contributed by atoms with Crippen LogP contribution < -0.4 is 15.4 Å². The molecule has 0 saturated carbocycles. The second-order valence-electron chi connectivity index (χ2n) is 4.29. The maximum Gasteiger partial charge on any atom is 0.422 e. The molecule has 112 valence electrons. The highest BCUT2D eigenvalue weighted by molar-refractivity contribution is 5.91. The number of aryl methyl sites for hydroxylation is 1. The summed E-state index contributed by atoms with van der Waals surface area (Å²) in [5.41, 5.74) is 1.06. The number of halogens is 3. The van der Waals surface area contributed by atoms with Crippen LogP contribution in [0.25, 0.3) is 0 Å². The fourth-order valence-electron chi connectivity index (χ4n) is 1.51. The fraction of sp³-hybridized carbons (Fsp3) is 0.462. The van der Waals surface area contributed by atoms with Gasteiger partial charge in [-0.3, -0.25) is 4.79 Å². The minimum atomic E-state index is -4.37. The van der Waals surface area contributed by atoms with Crippen molar-refractivity contribution in [3.8, 4) is 5.75 Å². The van der Waals surface area contributed by atoms with E-state index < -0.39 is 12.8 Å². The monoisotopic (exact) mass is 290 g/mol. The van der Waals surface area contributed by atoms with Gasteiger partial charge in [0, 0.05) is 18.7 Å². The van der Waals surface area contributed by atoms with Crippen LogP contribution in [0.3, 0.4) is 0 Å². The Morgan fingerprint density at radius 3 is 2.60 bits per heavy atom. The standard InChI is InChI=1S/C13H17F3N2O2/c1-9-7-10(18-12(19)5-6-17-2)3-4-11(9)20-8-13(14,15)16/h3-4,7,17H,5-6,8H2,1-2H3,(H,18,19). The summed E-state index contributed by atoms with van der Waals surface area (Å²) >= 11 is 0. The molecule has 2 N–H and O–H groups in total. The zero-order valence-corrected chi connectivity index (χ0v) is 11.3. The highest BCUT2D eigenvalue weighted by Gasteiger charge is 2.28. The van der Waals surface area contributed by atoms with Gasteiger partial charge in [-0.1, -0.05) is 0 Å². The average Bonchev–Trinajstić information content (AvgIpc) is 2.34. The second kappa shape index (κ2) is 7.14. The Morgan fingerprint density at radius 1 is 1.35 bits per heavy atom. The number of carbonyl (C=O) groups excluding carboxylic acids is 1. The van der Waals surface area contributed by atoms with Crippen molar-refractivity contribution in [1.82, 2.24) is 5.32 Å². The Bertz CT molecular complexity index is 461. The lowest BCUT2D eigenvalue weighted by molar-refractivity contribution is -0.153. The Labute approximate surface area is 115 Å². The number of carbonyl (C=O) groups is 1. The number of hydrogen-bond acceptors (Lipinski definition) is 3. The molecule has 0 heterocycles. The molecule has 20 heavy (non-hydrogen) atoms. The van der Waals surface area contributed by atoms with Crippen molar-refractivity contribution in [2.75, 3.05) is 25.5 Å². The SMILES string of the molecule is CNCCC(=O)Nc1ccc(OCC(F)(F)F)c(C)c1. The Kier molecular flexibility index (Phi) is 5.82. The first-order valence-electron chi connectivity index (χ1n) is 6.06. The summed E-state index contributed by atoms with van der Waals surface area (Å²) in [5.74, 6) is -0.0155.